The number of rotatable bonds is 4. The van der Waals surface area contributed by atoms with Crippen molar-refractivity contribution in [1.82, 2.24) is 9.97 Å². The van der Waals surface area contributed by atoms with Crippen LogP contribution in [-0.2, 0) is 6.18 Å². The van der Waals surface area contributed by atoms with Crippen molar-refractivity contribution < 1.29 is 26.3 Å². The Bertz CT molecular complexity index is 456. The lowest BCUT2D eigenvalue weighted by atomic mass is 10.2. The Balaban J connectivity index is 2.95. The van der Waals surface area contributed by atoms with Crippen LogP contribution in [0.25, 0.3) is 0 Å². The highest BCUT2D eigenvalue weighted by Crippen LogP contribution is 2.30. The van der Waals surface area contributed by atoms with Crippen LogP contribution in [0, 0.1) is 0 Å². The van der Waals surface area contributed by atoms with Crippen molar-refractivity contribution in [2.45, 2.75) is 31.7 Å². The first-order valence-electron chi connectivity index (χ1n) is 5.48. The van der Waals surface area contributed by atoms with Gasteiger partial charge in [-0.25, -0.2) is 4.98 Å². The maximum Gasteiger partial charge on any atom is 0.433 e. The lowest BCUT2D eigenvalue weighted by Gasteiger charge is -2.17. The maximum atomic E-state index is 12.6. The molecule has 20 heavy (non-hydrogen) atoms. The quantitative estimate of drug-likeness (QED) is 0.838. The van der Waals surface area contributed by atoms with Crippen LogP contribution in [0.1, 0.15) is 19.0 Å². The number of alkyl halides is 6. The van der Waals surface area contributed by atoms with Crippen molar-refractivity contribution >= 4 is 11.8 Å². The second kappa shape index (κ2) is 5.71. The van der Waals surface area contributed by atoms with E-state index in [9.17, 15) is 26.3 Å². The monoisotopic (exact) mass is 302 g/mol. The van der Waals surface area contributed by atoms with Gasteiger partial charge in [-0.1, -0.05) is 0 Å². The molecular formula is C10H12F6N4. The van der Waals surface area contributed by atoms with Gasteiger partial charge in [-0.2, -0.15) is 31.3 Å². The topological polar surface area (TPSA) is 49.8 Å². The molecule has 114 valence electrons. The SMILES string of the molecule is CNc1nc(NC(C)CC(F)(F)F)cc(C(F)(F)F)n1. The smallest absolute Gasteiger partial charge is 0.367 e. The van der Waals surface area contributed by atoms with E-state index < -0.39 is 30.5 Å². The van der Waals surface area contributed by atoms with Crippen molar-refractivity contribution in [2.24, 2.45) is 0 Å². The van der Waals surface area contributed by atoms with Crippen molar-refractivity contribution in [3.8, 4) is 0 Å². The van der Waals surface area contributed by atoms with Gasteiger partial charge in [0.05, 0.1) is 6.42 Å². The molecular weight excluding hydrogens is 290 g/mol. The Labute approximate surface area is 110 Å². The number of nitrogens with one attached hydrogen (secondary N) is 2. The lowest BCUT2D eigenvalue weighted by Crippen LogP contribution is -2.25. The Morgan fingerprint density at radius 3 is 2.20 bits per heavy atom. The summed E-state index contributed by atoms with van der Waals surface area (Å²) in [5.74, 6) is -0.657. The van der Waals surface area contributed by atoms with E-state index in [1.165, 1.54) is 14.0 Å². The van der Waals surface area contributed by atoms with Crippen LogP contribution in [0.2, 0.25) is 0 Å². The fraction of sp³-hybridized carbons (Fsp3) is 0.600. The third-order valence-electron chi connectivity index (χ3n) is 2.17. The molecule has 1 rings (SSSR count). The molecule has 0 saturated carbocycles. The highest BCUT2D eigenvalue weighted by Gasteiger charge is 2.34. The molecule has 1 unspecified atom stereocenters. The first kappa shape index (κ1) is 16.3. The summed E-state index contributed by atoms with van der Waals surface area (Å²) < 4.78 is 74.2. The molecule has 0 radical (unpaired) electrons. The van der Waals surface area contributed by atoms with Gasteiger partial charge in [-0.3, -0.25) is 0 Å². The third kappa shape index (κ3) is 5.10. The maximum absolute atomic E-state index is 12.6. The molecule has 0 bridgehead atoms. The summed E-state index contributed by atoms with van der Waals surface area (Å²) in [6.07, 6.45) is -10.3. The Hall–Kier alpha value is -1.74. The van der Waals surface area contributed by atoms with Gasteiger partial charge in [0.1, 0.15) is 5.82 Å². The number of aromatic nitrogens is 2. The predicted octanol–water partition coefficient (Wildman–Crippen LogP) is 3.29. The molecule has 0 amide bonds. The van der Waals surface area contributed by atoms with Gasteiger partial charge in [-0.15, -0.1) is 0 Å². The van der Waals surface area contributed by atoms with Gasteiger partial charge < -0.3 is 10.6 Å². The molecule has 0 aliphatic carbocycles. The molecule has 0 aliphatic heterocycles. The van der Waals surface area contributed by atoms with Crippen molar-refractivity contribution in [1.29, 1.82) is 0 Å². The minimum absolute atomic E-state index is 0.326. The molecule has 0 aliphatic rings. The summed E-state index contributed by atoms with van der Waals surface area (Å²) in [6.45, 7) is 1.20. The predicted molar refractivity (Wildman–Crippen MR) is 60.3 cm³/mol. The summed E-state index contributed by atoms with van der Waals surface area (Å²) in [5, 5.41) is 4.59. The first-order valence-corrected chi connectivity index (χ1v) is 5.48. The Morgan fingerprint density at radius 2 is 1.75 bits per heavy atom. The van der Waals surface area contributed by atoms with Crippen LogP contribution in [0.3, 0.4) is 0 Å². The van der Waals surface area contributed by atoms with Crippen LogP contribution < -0.4 is 10.6 Å². The van der Waals surface area contributed by atoms with Gasteiger partial charge >= 0.3 is 12.4 Å². The summed E-state index contributed by atoms with van der Waals surface area (Å²) in [5.41, 5.74) is -1.24. The van der Waals surface area contributed by atoms with Gasteiger partial charge in [-0.05, 0) is 6.92 Å². The van der Waals surface area contributed by atoms with E-state index in [0.717, 1.165) is 0 Å². The molecule has 0 aromatic carbocycles. The number of anilines is 2. The van der Waals surface area contributed by atoms with Crippen LogP contribution in [0.15, 0.2) is 6.07 Å². The van der Waals surface area contributed by atoms with Gasteiger partial charge in [0.2, 0.25) is 5.95 Å². The molecule has 10 heteroatoms. The number of hydrogen-bond donors (Lipinski definition) is 2. The van der Waals surface area contributed by atoms with Gasteiger partial charge in [0.15, 0.2) is 5.69 Å². The molecule has 1 heterocycles. The van der Waals surface area contributed by atoms with Crippen LogP contribution in [0.4, 0.5) is 38.1 Å². The summed E-state index contributed by atoms with van der Waals surface area (Å²) in [7, 11) is 1.30. The molecule has 1 aromatic heterocycles. The number of nitrogens with zero attached hydrogens (tertiary/aromatic N) is 2. The van der Waals surface area contributed by atoms with Crippen LogP contribution in [-0.4, -0.2) is 29.2 Å². The van der Waals surface area contributed by atoms with Crippen molar-refractivity contribution in [3.05, 3.63) is 11.8 Å². The van der Waals surface area contributed by atoms with Crippen LogP contribution in [0.5, 0.6) is 0 Å². The van der Waals surface area contributed by atoms with Crippen molar-refractivity contribution in [2.75, 3.05) is 17.7 Å². The van der Waals surface area contributed by atoms with E-state index in [1.807, 2.05) is 0 Å². The summed E-state index contributed by atoms with van der Waals surface area (Å²) >= 11 is 0. The Kier molecular flexibility index (Phi) is 4.66. The van der Waals surface area contributed by atoms with Gasteiger partial charge in [0.25, 0.3) is 0 Å². The number of halogens is 6. The van der Waals surface area contributed by atoms with E-state index in [1.54, 1.807) is 0 Å². The van der Waals surface area contributed by atoms with Crippen molar-refractivity contribution in [3.63, 3.8) is 0 Å². The van der Waals surface area contributed by atoms with E-state index in [0.29, 0.717) is 6.07 Å². The second-order valence-electron chi connectivity index (χ2n) is 4.07. The molecule has 0 spiro atoms. The van der Waals surface area contributed by atoms with E-state index in [4.69, 9.17) is 0 Å². The average molecular weight is 302 g/mol. The summed E-state index contributed by atoms with van der Waals surface area (Å²) in [4.78, 5) is 6.83. The van der Waals surface area contributed by atoms with E-state index in [-0.39, 0.29) is 11.8 Å². The van der Waals surface area contributed by atoms with Gasteiger partial charge in [0, 0.05) is 19.2 Å². The lowest BCUT2D eigenvalue weighted by molar-refractivity contribution is -0.141. The minimum atomic E-state index is -4.71. The van der Waals surface area contributed by atoms with Crippen LogP contribution >= 0.6 is 0 Å². The normalized spacial score (nSPS) is 14.0. The standard InChI is InChI=1S/C10H12F6N4/c1-5(4-9(11,12)13)18-7-3-6(10(14,15)16)19-8(17-2)20-7/h3,5H,4H2,1-2H3,(H2,17,18,19,20). The summed E-state index contributed by atoms with van der Waals surface area (Å²) in [6, 6.07) is -0.552. The fourth-order valence-corrected chi connectivity index (χ4v) is 1.43. The number of hydrogen-bond acceptors (Lipinski definition) is 4. The third-order valence-corrected chi connectivity index (χ3v) is 2.17. The van der Waals surface area contributed by atoms with E-state index >= 15 is 0 Å². The molecule has 0 fully saturated rings. The second-order valence-corrected chi connectivity index (χ2v) is 4.07. The molecule has 0 saturated heterocycles. The first-order chi connectivity index (χ1) is 9.01. The molecule has 1 atom stereocenters. The zero-order valence-corrected chi connectivity index (χ0v) is 10.5. The molecule has 4 nitrogen and oxygen atoms in total. The molecule has 1 aromatic rings. The van der Waals surface area contributed by atoms with E-state index in [2.05, 4.69) is 20.6 Å². The zero-order chi connectivity index (χ0) is 15.6. The highest BCUT2D eigenvalue weighted by molar-refractivity contribution is 5.43. The largest absolute Gasteiger partial charge is 0.433 e. The fourth-order valence-electron chi connectivity index (χ4n) is 1.43. The minimum Gasteiger partial charge on any atom is -0.367 e. The molecule has 2 N–H and O–H groups in total. The highest BCUT2D eigenvalue weighted by atomic mass is 19.4. The Morgan fingerprint density at radius 1 is 1.15 bits per heavy atom. The average Bonchev–Trinajstić information content (AvgIpc) is 2.24. The zero-order valence-electron chi connectivity index (χ0n) is 10.5.